The SMILES string of the molecule is CS(=O)(=O)c1cccc(C(=O)N2CCN(C(=O)Nc3cccc4c3CNC4=O)CC2)c1. The molecular weight excluding hydrogens is 420 g/mol. The summed E-state index contributed by atoms with van der Waals surface area (Å²) in [6.07, 6.45) is 1.10. The molecule has 0 atom stereocenters. The Morgan fingerprint density at radius 2 is 1.68 bits per heavy atom. The Labute approximate surface area is 179 Å². The molecular formula is C21H22N4O5S. The summed E-state index contributed by atoms with van der Waals surface area (Å²) >= 11 is 0. The van der Waals surface area contributed by atoms with Crippen LogP contribution in [-0.4, -0.2) is 68.5 Å². The Morgan fingerprint density at radius 1 is 1.00 bits per heavy atom. The first-order chi connectivity index (χ1) is 14.7. The third kappa shape index (κ3) is 4.24. The molecule has 0 aliphatic carbocycles. The quantitative estimate of drug-likeness (QED) is 0.744. The van der Waals surface area contributed by atoms with Crippen LogP contribution in [0.1, 0.15) is 26.3 Å². The first-order valence-electron chi connectivity index (χ1n) is 9.79. The topological polar surface area (TPSA) is 116 Å². The summed E-state index contributed by atoms with van der Waals surface area (Å²) in [5, 5.41) is 5.60. The lowest BCUT2D eigenvalue weighted by Gasteiger charge is -2.35. The lowest BCUT2D eigenvalue weighted by molar-refractivity contribution is 0.0671. The van der Waals surface area contributed by atoms with E-state index in [4.69, 9.17) is 0 Å². The number of fused-ring (bicyclic) bond motifs is 1. The van der Waals surface area contributed by atoms with Crippen molar-refractivity contribution < 1.29 is 22.8 Å². The smallest absolute Gasteiger partial charge is 0.321 e. The van der Waals surface area contributed by atoms with Gasteiger partial charge in [-0.25, -0.2) is 13.2 Å². The van der Waals surface area contributed by atoms with Gasteiger partial charge in [0, 0.05) is 61.4 Å². The molecule has 1 saturated heterocycles. The first-order valence-corrected chi connectivity index (χ1v) is 11.7. The number of hydrogen-bond donors (Lipinski definition) is 2. The van der Waals surface area contributed by atoms with Gasteiger partial charge in [0.05, 0.1) is 4.90 Å². The van der Waals surface area contributed by atoms with Crippen molar-refractivity contribution in [1.82, 2.24) is 15.1 Å². The number of urea groups is 1. The van der Waals surface area contributed by atoms with Crippen molar-refractivity contribution in [3.63, 3.8) is 0 Å². The van der Waals surface area contributed by atoms with Gasteiger partial charge < -0.3 is 20.4 Å². The van der Waals surface area contributed by atoms with Gasteiger partial charge in [-0.3, -0.25) is 9.59 Å². The number of rotatable bonds is 3. The van der Waals surface area contributed by atoms with E-state index in [1.807, 2.05) is 0 Å². The zero-order valence-electron chi connectivity index (χ0n) is 16.9. The van der Waals surface area contributed by atoms with Crippen LogP contribution in [0.5, 0.6) is 0 Å². The normalized spacial score (nSPS) is 16.0. The molecule has 4 rings (SSSR count). The summed E-state index contributed by atoms with van der Waals surface area (Å²) in [6.45, 7) is 1.73. The van der Waals surface area contributed by atoms with E-state index in [1.165, 1.54) is 12.1 Å². The standard InChI is InChI=1S/C21H22N4O5S/c1-31(29,30)15-5-2-4-14(12-15)20(27)24-8-10-25(11-9-24)21(28)23-18-7-3-6-16-17(18)13-22-19(16)26/h2-7,12H,8-11,13H2,1H3,(H,22,26)(H,23,28). The zero-order chi connectivity index (χ0) is 22.2. The second-order valence-corrected chi connectivity index (χ2v) is 9.54. The highest BCUT2D eigenvalue weighted by Crippen LogP contribution is 2.24. The fourth-order valence-electron chi connectivity index (χ4n) is 3.72. The van der Waals surface area contributed by atoms with E-state index in [9.17, 15) is 22.8 Å². The Hall–Kier alpha value is -3.40. The van der Waals surface area contributed by atoms with Crippen molar-refractivity contribution in [2.24, 2.45) is 0 Å². The Kier molecular flexibility index (Phi) is 5.40. The number of sulfone groups is 1. The van der Waals surface area contributed by atoms with Gasteiger partial charge in [0.1, 0.15) is 0 Å². The Morgan fingerprint density at radius 3 is 2.39 bits per heavy atom. The average Bonchev–Trinajstić information content (AvgIpc) is 3.15. The first kappa shape index (κ1) is 20.9. The number of hydrogen-bond acceptors (Lipinski definition) is 5. The van der Waals surface area contributed by atoms with E-state index >= 15 is 0 Å². The predicted molar refractivity (Wildman–Crippen MR) is 114 cm³/mol. The number of piperazine rings is 1. The molecule has 9 nitrogen and oxygen atoms in total. The lowest BCUT2D eigenvalue weighted by atomic mass is 10.1. The summed E-state index contributed by atoms with van der Waals surface area (Å²) in [6, 6.07) is 10.9. The van der Waals surface area contributed by atoms with Crippen LogP contribution in [0.4, 0.5) is 10.5 Å². The van der Waals surface area contributed by atoms with Crippen LogP contribution in [0.3, 0.4) is 0 Å². The number of amides is 4. The molecule has 0 saturated carbocycles. The van der Waals surface area contributed by atoms with Crippen LogP contribution in [0.2, 0.25) is 0 Å². The van der Waals surface area contributed by atoms with E-state index in [0.29, 0.717) is 49.5 Å². The van der Waals surface area contributed by atoms with Crippen LogP contribution in [0.25, 0.3) is 0 Å². The van der Waals surface area contributed by atoms with Gasteiger partial charge >= 0.3 is 6.03 Å². The molecule has 0 spiro atoms. The molecule has 31 heavy (non-hydrogen) atoms. The molecule has 2 heterocycles. The predicted octanol–water partition coefficient (Wildman–Crippen LogP) is 1.32. The molecule has 162 valence electrons. The van der Waals surface area contributed by atoms with Crippen molar-refractivity contribution in [1.29, 1.82) is 0 Å². The van der Waals surface area contributed by atoms with Crippen molar-refractivity contribution in [3.8, 4) is 0 Å². The molecule has 2 aromatic rings. The van der Waals surface area contributed by atoms with E-state index in [0.717, 1.165) is 11.8 Å². The maximum absolute atomic E-state index is 12.8. The number of anilines is 1. The fourth-order valence-corrected chi connectivity index (χ4v) is 4.39. The minimum absolute atomic E-state index is 0.0970. The van der Waals surface area contributed by atoms with E-state index in [2.05, 4.69) is 10.6 Å². The molecule has 0 unspecified atom stereocenters. The number of nitrogens with zero attached hydrogens (tertiary/aromatic N) is 2. The Balaban J connectivity index is 1.39. The van der Waals surface area contributed by atoms with Crippen LogP contribution in [0, 0.1) is 0 Å². The fraction of sp³-hybridized carbons (Fsp3) is 0.286. The molecule has 0 bridgehead atoms. The maximum Gasteiger partial charge on any atom is 0.321 e. The van der Waals surface area contributed by atoms with Gasteiger partial charge in [-0.2, -0.15) is 0 Å². The van der Waals surface area contributed by atoms with Gasteiger partial charge in [-0.15, -0.1) is 0 Å². The summed E-state index contributed by atoms with van der Waals surface area (Å²) in [7, 11) is -3.40. The second-order valence-electron chi connectivity index (χ2n) is 7.52. The molecule has 2 aliphatic rings. The molecule has 4 amide bonds. The summed E-state index contributed by atoms with van der Waals surface area (Å²) in [4.78, 5) is 40.6. The second kappa shape index (κ2) is 8.03. The van der Waals surface area contributed by atoms with E-state index in [1.54, 1.807) is 40.1 Å². The highest BCUT2D eigenvalue weighted by Gasteiger charge is 2.27. The van der Waals surface area contributed by atoms with Crippen molar-refractivity contribution >= 4 is 33.4 Å². The number of carbonyl (C=O) groups excluding carboxylic acids is 3. The van der Waals surface area contributed by atoms with Gasteiger partial charge in [0.25, 0.3) is 11.8 Å². The monoisotopic (exact) mass is 442 g/mol. The van der Waals surface area contributed by atoms with Crippen molar-refractivity contribution in [3.05, 3.63) is 59.2 Å². The van der Waals surface area contributed by atoms with E-state index in [-0.39, 0.29) is 22.7 Å². The molecule has 10 heteroatoms. The summed E-state index contributed by atoms with van der Waals surface area (Å²) < 4.78 is 23.5. The van der Waals surface area contributed by atoms with Gasteiger partial charge in [0.15, 0.2) is 9.84 Å². The number of benzene rings is 2. The molecule has 2 aromatic carbocycles. The van der Waals surface area contributed by atoms with Gasteiger partial charge in [0.2, 0.25) is 0 Å². The molecule has 2 aliphatic heterocycles. The number of carbonyl (C=O) groups is 3. The minimum Gasteiger partial charge on any atom is -0.348 e. The highest BCUT2D eigenvalue weighted by atomic mass is 32.2. The van der Waals surface area contributed by atoms with Crippen molar-refractivity contribution in [2.75, 3.05) is 37.8 Å². The average molecular weight is 442 g/mol. The molecule has 2 N–H and O–H groups in total. The third-order valence-electron chi connectivity index (χ3n) is 5.45. The molecule has 0 aromatic heterocycles. The maximum atomic E-state index is 12.8. The molecule has 1 fully saturated rings. The van der Waals surface area contributed by atoms with Crippen LogP contribution >= 0.6 is 0 Å². The van der Waals surface area contributed by atoms with Crippen LogP contribution in [-0.2, 0) is 16.4 Å². The Bertz CT molecular complexity index is 1170. The minimum atomic E-state index is -3.40. The van der Waals surface area contributed by atoms with Gasteiger partial charge in [-0.1, -0.05) is 12.1 Å². The van der Waals surface area contributed by atoms with Crippen molar-refractivity contribution in [2.45, 2.75) is 11.4 Å². The van der Waals surface area contributed by atoms with E-state index < -0.39 is 9.84 Å². The van der Waals surface area contributed by atoms with Crippen LogP contribution in [0.15, 0.2) is 47.4 Å². The lowest BCUT2D eigenvalue weighted by Crippen LogP contribution is -2.51. The number of nitrogens with one attached hydrogen (secondary N) is 2. The highest BCUT2D eigenvalue weighted by molar-refractivity contribution is 7.90. The summed E-state index contributed by atoms with van der Waals surface area (Å²) in [5.41, 5.74) is 2.22. The summed E-state index contributed by atoms with van der Waals surface area (Å²) in [5.74, 6) is -0.422. The van der Waals surface area contributed by atoms with Gasteiger partial charge in [-0.05, 0) is 30.3 Å². The molecule has 0 radical (unpaired) electrons. The van der Waals surface area contributed by atoms with Crippen LogP contribution < -0.4 is 10.6 Å². The zero-order valence-corrected chi connectivity index (χ0v) is 17.7. The largest absolute Gasteiger partial charge is 0.348 e. The third-order valence-corrected chi connectivity index (χ3v) is 6.56.